The van der Waals surface area contributed by atoms with Gasteiger partial charge in [0.1, 0.15) is 5.75 Å². The van der Waals surface area contributed by atoms with E-state index in [1.165, 1.54) is 23.1 Å². The first-order chi connectivity index (χ1) is 8.58. The zero-order valence-electron chi connectivity index (χ0n) is 12.5. The van der Waals surface area contributed by atoms with Crippen molar-refractivity contribution in [3.63, 3.8) is 0 Å². The van der Waals surface area contributed by atoms with Crippen molar-refractivity contribution in [2.75, 3.05) is 13.7 Å². The summed E-state index contributed by atoms with van der Waals surface area (Å²) in [4.78, 5) is 0. The SMILES string of the molecule is CCCNC(C)CCc1c(C)cc(C)cc1OC. The van der Waals surface area contributed by atoms with Crippen LogP contribution in [0.2, 0.25) is 0 Å². The Balaban J connectivity index is 2.66. The van der Waals surface area contributed by atoms with Gasteiger partial charge in [0.2, 0.25) is 0 Å². The predicted molar refractivity (Wildman–Crippen MR) is 78.5 cm³/mol. The molecule has 0 aliphatic rings. The summed E-state index contributed by atoms with van der Waals surface area (Å²) in [5, 5.41) is 3.53. The molecule has 0 aromatic heterocycles. The molecule has 0 fully saturated rings. The van der Waals surface area contributed by atoms with Crippen molar-refractivity contribution in [1.29, 1.82) is 0 Å². The minimum Gasteiger partial charge on any atom is -0.496 e. The molecule has 0 spiro atoms. The molecular formula is C16H27NO. The molecule has 0 amide bonds. The van der Waals surface area contributed by atoms with Gasteiger partial charge >= 0.3 is 0 Å². The molecule has 2 heteroatoms. The molecule has 0 aliphatic heterocycles. The Labute approximate surface area is 112 Å². The first-order valence-electron chi connectivity index (χ1n) is 6.96. The third-order valence-corrected chi connectivity index (χ3v) is 3.37. The van der Waals surface area contributed by atoms with Gasteiger partial charge in [0.25, 0.3) is 0 Å². The number of rotatable bonds is 7. The molecule has 0 heterocycles. The van der Waals surface area contributed by atoms with Crippen molar-refractivity contribution in [3.8, 4) is 5.75 Å². The van der Waals surface area contributed by atoms with E-state index in [0.717, 1.165) is 25.1 Å². The summed E-state index contributed by atoms with van der Waals surface area (Å²) in [5.74, 6) is 1.04. The Kier molecular flexibility index (Phi) is 6.20. The Hall–Kier alpha value is -1.02. The van der Waals surface area contributed by atoms with Crippen LogP contribution < -0.4 is 10.1 Å². The van der Waals surface area contributed by atoms with Crippen LogP contribution in [-0.2, 0) is 6.42 Å². The summed E-state index contributed by atoms with van der Waals surface area (Å²) in [5.41, 5.74) is 3.97. The van der Waals surface area contributed by atoms with Crippen molar-refractivity contribution in [3.05, 3.63) is 28.8 Å². The van der Waals surface area contributed by atoms with Crippen LogP contribution in [0.5, 0.6) is 5.75 Å². The highest BCUT2D eigenvalue weighted by Crippen LogP contribution is 2.25. The number of nitrogens with one attached hydrogen (secondary N) is 1. The normalized spacial score (nSPS) is 12.5. The summed E-state index contributed by atoms with van der Waals surface area (Å²) >= 11 is 0. The van der Waals surface area contributed by atoms with Crippen LogP contribution in [0.25, 0.3) is 0 Å². The van der Waals surface area contributed by atoms with Crippen molar-refractivity contribution >= 4 is 0 Å². The van der Waals surface area contributed by atoms with Gasteiger partial charge in [0, 0.05) is 6.04 Å². The fourth-order valence-corrected chi connectivity index (χ4v) is 2.31. The standard InChI is InChI=1S/C16H27NO/c1-6-9-17-14(4)7-8-15-13(3)10-12(2)11-16(15)18-5/h10-11,14,17H,6-9H2,1-5H3. The Morgan fingerprint density at radius 1 is 1.28 bits per heavy atom. The molecular weight excluding hydrogens is 222 g/mol. The van der Waals surface area contributed by atoms with Crippen LogP contribution >= 0.6 is 0 Å². The molecule has 1 aromatic rings. The highest BCUT2D eigenvalue weighted by atomic mass is 16.5. The van der Waals surface area contributed by atoms with E-state index in [9.17, 15) is 0 Å². The molecule has 102 valence electrons. The van der Waals surface area contributed by atoms with Crippen LogP contribution in [0.3, 0.4) is 0 Å². The maximum atomic E-state index is 5.50. The Morgan fingerprint density at radius 2 is 2.00 bits per heavy atom. The minimum atomic E-state index is 0.565. The average molecular weight is 249 g/mol. The fraction of sp³-hybridized carbons (Fsp3) is 0.625. The molecule has 1 aromatic carbocycles. The topological polar surface area (TPSA) is 21.3 Å². The van der Waals surface area contributed by atoms with E-state index in [-0.39, 0.29) is 0 Å². The van der Waals surface area contributed by atoms with Crippen LogP contribution in [0.15, 0.2) is 12.1 Å². The second-order valence-corrected chi connectivity index (χ2v) is 5.16. The van der Waals surface area contributed by atoms with Crippen molar-refractivity contribution < 1.29 is 4.74 Å². The Bertz CT molecular complexity index is 374. The van der Waals surface area contributed by atoms with Gasteiger partial charge in [0.15, 0.2) is 0 Å². The molecule has 0 saturated heterocycles. The van der Waals surface area contributed by atoms with Gasteiger partial charge in [-0.05, 0) is 69.3 Å². The van der Waals surface area contributed by atoms with Gasteiger partial charge in [0.05, 0.1) is 7.11 Å². The van der Waals surface area contributed by atoms with E-state index in [4.69, 9.17) is 4.74 Å². The molecule has 0 saturated carbocycles. The molecule has 1 unspecified atom stereocenters. The second kappa shape index (κ2) is 7.42. The number of benzene rings is 1. The lowest BCUT2D eigenvalue weighted by Gasteiger charge is -2.16. The van der Waals surface area contributed by atoms with Crippen molar-refractivity contribution in [2.24, 2.45) is 0 Å². The van der Waals surface area contributed by atoms with Gasteiger partial charge in [-0.15, -0.1) is 0 Å². The van der Waals surface area contributed by atoms with E-state index in [1.54, 1.807) is 7.11 Å². The maximum Gasteiger partial charge on any atom is 0.122 e. The molecule has 0 bridgehead atoms. The van der Waals surface area contributed by atoms with Crippen LogP contribution in [-0.4, -0.2) is 19.7 Å². The molecule has 2 nitrogen and oxygen atoms in total. The quantitative estimate of drug-likeness (QED) is 0.796. The molecule has 1 rings (SSSR count). The van der Waals surface area contributed by atoms with Crippen LogP contribution in [0.1, 0.15) is 43.4 Å². The largest absolute Gasteiger partial charge is 0.496 e. The molecule has 0 radical (unpaired) electrons. The monoisotopic (exact) mass is 249 g/mol. The third-order valence-electron chi connectivity index (χ3n) is 3.37. The zero-order valence-corrected chi connectivity index (χ0v) is 12.5. The lowest BCUT2D eigenvalue weighted by molar-refractivity contribution is 0.406. The van der Waals surface area contributed by atoms with E-state index in [0.29, 0.717) is 6.04 Å². The van der Waals surface area contributed by atoms with Gasteiger partial charge in [-0.3, -0.25) is 0 Å². The first-order valence-corrected chi connectivity index (χ1v) is 6.96. The summed E-state index contributed by atoms with van der Waals surface area (Å²) in [6, 6.07) is 4.93. The lowest BCUT2D eigenvalue weighted by atomic mass is 9.98. The molecule has 1 atom stereocenters. The number of hydrogen-bond acceptors (Lipinski definition) is 2. The van der Waals surface area contributed by atoms with Gasteiger partial charge in [-0.1, -0.05) is 13.0 Å². The van der Waals surface area contributed by atoms with Gasteiger partial charge in [-0.25, -0.2) is 0 Å². The number of aryl methyl sites for hydroxylation is 2. The van der Waals surface area contributed by atoms with Gasteiger partial charge in [-0.2, -0.15) is 0 Å². The highest BCUT2D eigenvalue weighted by molar-refractivity contribution is 5.43. The first kappa shape index (κ1) is 15.0. The summed E-state index contributed by atoms with van der Waals surface area (Å²) in [6.45, 7) is 9.85. The summed E-state index contributed by atoms with van der Waals surface area (Å²) in [6.07, 6.45) is 3.42. The number of methoxy groups -OCH3 is 1. The molecule has 0 aliphatic carbocycles. The molecule has 1 N–H and O–H groups in total. The third kappa shape index (κ3) is 4.34. The maximum absolute atomic E-state index is 5.50. The zero-order chi connectivity index (χ0) is 13.5. The number of hydrogen-bond donors (Lipinski definition) is 1. The average Bonchev–Trinajstić information content (AvgIpc) is 2.34. The van der Waals surface area contributed by atoms with Crippen LogP contribution in [0.4, 0.5) is 0 Å². The fourth-order valence-electron chi connectivity index (χ4n) is 2.31. The van der Waals surface area contributed by atoms with E-state index >= 15 is 0 Å². The Morgan fingerprint density at radius 3 is 2.61 bits per heavy atom. The summed E-state index contributed by atoms with van der Waals surface area (Å²) in [7, 11) is 1.76. The smallest absolute Gasteiger partial charge is 0.122 e. The predicted octanol–water partition coefficient (Wildman–Crippen LogP) is 3.63. The van der Waals surface area contributed by atoms with E-state index < -0.39 is 0 Å². The molecule has 18 heavy (non-hydrogen) atoms. The number of ether oxygens (including phenoxy) is 1. The van der Waals surface area contributed by atoms with Crippen molar-refractivity contribution in [2.45, 2.75) is 53.0 Å². The van der Waals surface area contributed by atoms with Gasteiger partial charge < -0.3 is 10.1 Å². The van der Waals surface area contributed by atoms with E-state index in [1.807, 2.05) is 0 Å². The van der Waals surface area contributed by atoms with Crippen LogP contribution in [0, 0.1) is 13.8 Å². The minimum absolute atomic E-state index is 0.565. The second-order valence-electron chi connectivity index (χ2n) is 5.16. The highest BCUT2D eigenvalue weighted by Gasteiger charge is 2.09. The van der Waals surface area contributed by atoms with Crippen molar-refractivity contribution in [1.82, 2.24) is 5.32 Å². The van der Waals surface area contributed by atoms with E-state index in [2.05, 4.69) is 45.1 Å². The lowest BCUT2D eigenvalue weighted by Crippen LogP contribution is -2.27. The summed E-state index contributed by atoms with van der Waals surface area (Å²) < 4.78 is 5.50.